The number of nitrogens with zero attached hydrogens (tertiary/aromatic N) is 1. The van der Waals surface area contributed by atoms with Crippen molar-refractivity contribution in [3.8, 4) is 0 Å². The predicted octanol–water partition coefficient (Wildman–Crippen LogP) is 2.14. The number of carbonyl (C=O) groups excluding carboxylic acids is 1. The van der Waals surface area contributed by atoms with E-state index in [0.717, 1.165) is 5.56 Å². The van der Waals surface area contributed by atoms with Gasteiger partial charge in [-0.25, -0.2) is 13.1 Å². The molecule has 2 aromatic rings. The number of rotatable bonds is 5. The van der Waals surface area contributed by atoms with Gasteiger partial charge in [-0.15, -0.1) is 0 Å². The minimum absolute atomic E-state index is 0.0789. The number of carbonyl (C=O) groups is 1. The Morgan fingerprint density at radius 1 is 1.00 bits per heavy atom. The smallest absolute Gasteiger partial charge is 0.253 e. The Hall–Kier alpha value is -2.26. The van der Waals surface area contributed by atoms with Gasteiger partial charge < -0.3 is 14.4 Å². The van der Waals surface area contributed by atoms with Gasteiger partial charge in [-0.1, -0.05) is 36.4 Å². The molecule has 7 nitrogen and oxygen atoms in total. The topological polar surface area (TPSA) is 84.9 Å². The van der Waals surface area contributed by atoms with Crippen LogP contribution in [0.2, 0.25) is 0 Å². The third-order valence-electron chi connectivity index (χ3n) is 5.33. The second-order valence-corrected chi connectivity index (χ2v) is 9.00. The summed E-state index contributed by atoms with van der Waals surface area (Å²) in [6.07, 6.45) is 1.24. The number of hydrogen-bond acceptors (Lipinski definition) is 5. The second kappa shape index (κ2) is 8.23. The summed E-state index contributed by atoms with van der Waals surface area (Å²) in [5.74, 6) is -0.735. The lowest BCUT2D eigenvalue weighted by Crippen LogP contribution is -2.47. The summed E-state index contributed by atoms with van der Waals surface area (Å²) in [7, 11) is -3.72. The van der Waals surface area contributed by atoms with Gasteiger partial charge in [0.25, 0.3) is 5.91 Å². The highest BCUT2D eigenvalue weighted by atomic mass is 32.2. The predicted molar refractivity (Wildman–Crippen MR) is 107 cm³/mol. The zero-order valence-electron chi connectivity index (χ0n) is 16.0. The molecule has 2 aromatic carbocycles. The van der Waals surface area contributed by atoms with Crippen molar-refractivity contribution in [2.45, 2.75) is 30.1 Å². The van der Waals surface area contributed by atoms with Gasteiger partial charge in [-0.2, -0.15) is 0 Å². The molecule has 2 fully saturated rings. The molecule has 0 atom stereocenters. The van der Waals surface area contributed by atoms with Gasteiger partial charge in [-0.05, 0) is 23.8 Å². The molecular formula is C21H24N2O5S. The third-order valence-corrected chi connectivity index (χ3v) is 6.73. The number of likely N-dealkylation sites (tertiary alicyclic amines) is 1. The van der Waals surface area contributed by atoms with Crippen molar-refractivity contribution in [3.63, 3.8) is 0 Å². The number of sulfonamides is 1. The van der Waals surface area contributed by atoms with E-state index in [0.29, 0.717) is 44.7 Å². The third kappa shape index (κ3) is 4.51. The average Bonchev–Trinajstić information content (AvgIpc) is 3.21. The molecule has 2 heterocycles. The maximum absolute atomic E-state index is 12.9. The molecule has 2 aliphatic rings. The number of amides is 1. The average molecular weight is 416 g/mol. The summed E-state index contributed by atoms with van der Waals surface area (Å²) < 4.78 is 39.3. The van der Waals surface area contributed by atoms with Crippen molar-refractivity contribution < 1.29 is 22.7 Å². The molecule has 4 rings (SSSR count). The second-order valence-electron chi connectivity index (χ2n) is 7.24. The number of ether oxygens (including phenoxy) is 2. The fourth-order valence-corrected chi connectivity index (χ4v) is 4.74. The van der Waals surface area contributed by atoms with Crippen LogP contribution in [0.25, 0.3) is 0 Å². The van der Waals surface area contributed by atoms with E-state index in [2.05, 4.69) is 4.72 Å². The molecule has 154 valence electrons. The van der Waals surface area contributed by atoms with Crippen LogP contribution in [-0.4, -0.2) is 51.3 Å². The molecule has 0 aromatic heterocycles. The Labute approximate surface area is 170 Å². The Morgan fingerprint density at radius 3 is 2.38 bits per heavy atom. The summed E-state index contributed by atoms with van der Waals surface area (Å²) in [6, 6.07) is 15.5. The molecule has 1 amide bonds. The summed E-state index contributed by atoms with van der Waals surface area (Å²) >= 11 is 0. The van der Waals surface area contributed by atoms with Crippen LogP contribution in [-0.2, 0) is 26.0 Å². The molecule has 0 saturated carbocycles. The first-order valence-electron chi connectivity index (χ1n) is 9.68. The molecule has 0 aliphatic carbocycles. The highest BCUT2D eigenvalue weighted by Gasteiger charge is 2.40. The zero-order valence-corrected chi connectivity index (χ0v) is 16.9. The van der Waals surface area contributed by atoms with Gasteiger partial charge in [0.1, 0.15) is 0 Å². The monoisotopic (exact) mass is 416 g/mol. The van der Waals surface area contributed by atoms with Gasteiger partial charge in [0, 0.05) is 38.0 Å². The molecule has 0 unspecified atom stereocenters. The van der Waals surface area contributed by atoms with Crippen LogP contribution < -0.4 is 4.72 Å². The number of nitrogens with one attached hydrogen (secondary N) is 1. The maximum atomic E-state index is 12.9. The van der Waals surface area contributed by atoms with Crippen LogP contribution >= 0.6 is 0 Å². The van der Waals surface area contributed by atoms with E-state index in [1.165, 1.54) is 12.1 Å². The largest absolute Gasteiger partial charge is 0.347 e. The van der Waals surface area contributed by atoms with Crippen molar-refractivity contribution in [1.29, 1.82) is 0 Å². The molecule has 0 radical (unpaired) electrons. The molecule has 2 aliphatic heterocycles. The van der Waals surface area contributed by atoms with Gasteiger partial charge in [0.05, 0.1) is 18.1 Å². The summed E-state index contributed by atoms with van der Waals surface area (Å²) in [4.78, 5) is 14.7. The lowest BCUT2D eigenvalue weighted by Gasteiger charge is -2.37. The Morgan fingerprint density at radius 2 is 1.69 bits per heavy atom. The normalized spacial score (nSPS) is 18.8. The van der Waals surface area contributed by atoms with E-state index < -0.39 is 15.8 Å². The Bertz CT molecular complexity index is 962. The van der Waals surface area contributed by atoms with E-state index in [1.807, 2.05) is 30.3 Å². The molecular weight excluding hydrogens is 392 g/mol. The number of piperidine rings is 1. The van der Waals surface area contributed by atoms with Crippen LogP contribution in [0, 0.1) is 0 Å². The van der Waals surface area contributed by atoms with Crippen LogP contribution in [0.3, 0.4) is 0 Å². The van der Waals surface area contributed by atoms with E-state index in [1.54, 1.807) is 17.0 Å². The highest BCUT2D eigenvalue weighted by Crippen LogP contribution is 2.31. The first-order chi connectivity index (χ1) is 14.0. The summed E-state index contributed by atoms with van der Waals surface area (Å²) in [5, 5.41) is 0. The quantitative estimate of drug-likeness (QED) is 0.807. The molecule has 1 N–H and O–H groups in total. The maximum Gasteiger partial charge on any atom is 0.253 e. The van der Waals surface area contributed by atoms with Gasteiger partial charge >= 0.3 is 0 Å². The van der Waals surface area contributed by atoms with Crippen molar-refractivity contribution in [1.82, 2.24) is 9.62 Å². The molecule has 1 spiro atoms. The lowest BCUT2D eigenvalue weighted by molar-refractivity contribution is -0.181. The van der Waals surface area contributed by atoms with Crippen LogP contribution in [0.1, 0.15) is 28.8 Å². The van der Waals surface area contributed by atoms with Crippen molar-refractivity contribution >= 4 is 15.9 Å². The van der Waals surface area contributed by atoms with Crippen molar-refractivity contribution in [2.75, 3.05) is 26.3 Å². The minimum Gasteiger partial charge on any atom is -0.347 e. The van der Waals surface area contributed by atoms with Crippen molar-refractivity contribution in [2.24, 2.45) is 0 Å². The lowest BCUT2D eigenvalue weighted by atomic mass is 10.0. The molecule has 0 bridgehead atoms. The zero-order chi connectivity index (χ0) is 20.3. The van der Waals surface area contributed by atoms with Gasteiger partial charge in [-0.3, -0.25) is 4.79 Å². The van der Waals surface area contributed by atoms with Crippen molar-refractivity contribution in [3.05, 3.63) is 65.7 Å². The summed E-state index contributed by atoms with van der Waals surface area (Å²) in [6.45, 7) is 2.40. The highest BCUT2D eigenvalue weighted by molar-refractivity contribution is 7.89. The summed E-state index contributed by atoms with van der Waals surface area (Å²) in [5.41, 5.74) is 1.22. The fourth-order valence-electron chi connectivity index (χ4n) is 3.67. The molecule has 29 heavy (non-hydrogen) atoms. The fraction of sp³-hybridized carbons (Fsp3) is 0.381. The van der Waals surface area contributed by atoms with Crippen LogP contribution in [0.4, 0.5) is 0 Å². The Balaban J connectivity index is 1.43. The van der Waals surface area contributed by atoms with Crippen LogP contribution in [0.15, 0.2) is 59.5 Å². The van der Waals surface area contributed by atoms with Gasteiger partial charge in [0.2, 0.25) is 10.0 Å². The van der Waals surface area contributed by atoms with Crippen LogP contribution in [0.5, 0.6) is 0 Å². The molecule has 2 saturated heterocycles. The van der Waals surface area contributed by atoms with E-state index in [4.69, 9.17) is 9.47 Å². The Kier molecular flexibility index (Phi) is 5.69. The van der Waals surface area contributed by atoms with Gasteiger partial charge in [0.15, 0.2) is 5.79 Å². The first-order valence-corrected chi connectivity index (χ1v) is 11.2. The molecule has 8 heteroatoms. The first kappa shape index (κ1) is 20.0. The number of benzene rings is 2. The van der Waals surface area contributed by atoms with E-state index in [9.17, 15) is 13.2 Å². The standard InChI is InChI=1S/C21H24N2O5S/c24-20(23-11-9-21(10-12-23)27-13-14-28-21)18-7-4-8-19(15-18)29(25,26)22-16-17-5-2-1-3-6-17/h1-8,15,22H,9-14,16H2. The minimum atomic E-state index is -3.72. The SMILES string of the molecule is O=C(c1cccc(S(=O)(=O)NCc2ccccc2)c1)N1CCC2(CC1)OCCO2. The van der Waals surface area contributed by atoms with E-state index >= 15 is 0 Å². The number of hydrogen-bond donors (Lipinski definition) is 1. The van der Waals surface area contributed by atoms with E-state index in [-0.39, 0.29) is 17.3 Å².